The van der Waals surface area contributed by atoms with Crippen LogP contribution in [0.25, 0.3) is 0 Å². The van der Waals surface area contributed by atoms with Crippen molar-refractivity contribution < 1.29 is 32.2 Å². The molecule has 0 radical (unpaired) electrons. The van der Waals surface area contributed by atoms with Crippen LogP contribution in [-0.4, -0.2) is 78.0 Å². The molecular weight excluding hydrogens is 411 g/mol. The average Bonchev–Trinajstić information content (AvgIpc) is 3.05. The number of ether oxygens (including phenoxy) is 1. The summed E-state index contributed by atoms with van der Waals surface area (Å²) in [6.07, 6.45) is 0.535. The molecule has 2 aliphatic rings. The van der Waals surface area contributed by atoms with E-state index in [1.807, 2.05) is 0 Å². The minimum atomic E-state index is -3.14. The molecule has 0 aliphatic carbocycles. The number of carboxylic acid groups (broad SMARTS) is 1. The molecule has 2 heterocycles. The third kappa shape index (κ3) is 5.30. The zero-order chi connectivity index (χ0) is 20.3. The first-order chi connectivity index (χ1) is 13.2. The number of sulfone groups is 1. The van der Waals surface area contributed by atoms with Crippen LogP contribution in [0.2, 0.25) is 0 Å². The Labute approximate surface area is 165 Å². The molecule has 1 aromatic carbocycles. The minimum absolute atomic E-state index is 0.00317. The van der Waals surface area contributed by atoms with Gasteiger partial charge < -0.3 is 14.7 Å². The maximum absolute atomic E-state index is 13.1. The second-order valence-corrected chi connectivity index (χ2v) is 9.91. The van der Waals surface area contributed by atoms with Gasteiger partial charge in [-0.2, -0.15) is 4.99 Å². The molecule has 0 bridgehead atoms. The molecule has 11 heteroatoms. The average molecular weight is 430 g/mol. The third-order valence-electron chi connectivity index (χ3n) is 4.40. The fourth-order valence-electron chi connectivity index (χ4n) is 3.16. The highest BCUT2D eigenvalue weighted by Gasteiger charge is 2.48. The van der Waals surface area contributed by atoms with Crippen molar-refractivity contribution in [3.8, 4) is 0 Å². The molecule has 2 atom stereocenters. The van der Waals surface area contributed by atoms with Gasteiger partial charge in [-0.3, -0.25) is 4.79 Å². The van der Waals surface area contributed by atoms with E-state index in [1.165, 1.54) is 23.9 Å². The lowest BCUT2D eigenvalue weighted by Crippen LogP contribution is -2.39. The first-order valence-electron chi connectivity index (χ1n) is 8.53. The van der Waals surface area contributed by atoms with Gasteiger partial charge >= 0.3 is 5.97 Å². The number of amides is 1. The Morgan fingerprint density at radius 2 is 1.96 bits per heavy atom. The Morgan fingerprint density at radius 1 is 1.25 bits per heavy atom. The van der Waals surface area contributed by atoms with Crippen molar-refractivity contribution in [1.29, 1.82) is 0 Å². The van der Waals surface area contributed by atoms with Crippen molar-refractivity contribution in [2.45, 2.75) is 17.7 Å². The summed E-state index contributed by atoms with van der Waals surface area (Å²) in [6, 6.07) is 5.75. The van der Waals surface area contributed by atoms with E-state index in [9.17, 15) is 22.4 Å². The summed E-state index contributed by atoms with van der Waals surface area (Å²) in [7, 11) is -3.14. The standard InChI is InChI=1S/C17H19FN2O6S2/c18-12-3-1-11(2-4-12)5-6-20-13-9-28(24,25)10-14(13)27-17(20)19-15(21)7-26-8-16(22)23/h1-4,13-14H,5-10H2,(H,22,23)/t13-,14+/m0/s1. The molecule has 2 aliphatic heterocycles. The Kier molecular flexibility index (Phi) is 6.36. The van der Waals surface area contributed by atoms with Crippen LogP contribution in [0.5, 0.6) is 0 Å². The zero-order valence-corrected chi connectivity index (χ0v) is 16.4. The second kappa shape index (κ2) is 8.58. The van der Waals surface area contributed by atoms with Crippen molar-refractivity contribution in [2.24, 2.45) is 4.99 Å². The summed E-state index contributed by atoms with van der Waals surface area (Å²) in [5.74, 6) is -2.12. The molecule has 3 rings (SSSR count). The van der Waals surface area contributed by atoms with Gasteiger partial charge in [-0.15, -0.1) is 0 Å². The third-order valence-corrected chi connectivity index (χ3v) is 7.65. The molecule has 2 fully saturated rings. The number of carboxylic acids is 1. The van der Waals surface area contributed by atoms with Crippen LogP contribution >= 0.6 is 11.8 Å². The lowest BCUT2D eigenvalue weighted by Gasteiger charge is -2.24. The van der Waals surface area contributed by atoms with Crippen LogP contribution in [0.15, 0.2) is 29.3 Å². The monoisotopic (exact) mass is 430 g/mol. The Bertz CT molecular complexity index is 887. The van der Waals surface area contributed by atoms with E-state index in [0.717, 1.165) is 5.56 Å². The Morgan fingerprint density at radius 3 is 2.64 bits per heavy atom. The molecule has 1 N–H and O–H groups in total. The molecule has 0 unspecified atom stereocenters. The van der Waals surface area contributed by atoms with Gasteiger partial charge in [0.2, 0.25) is 0 Å². The highest BCUT2D eigenvalue weighted by molar-refractivity contribution is 8.15. The molecule has 152 valence electrons. The van der Waals surface area contributed by atoms with Crippen molar-refractivity contribution in [2.75, 3.05) is 31.3 Å². The number of rotatable bonds is 7. The number of hydrogen-bond donors (Lipinski definition) is 1. The highest BCUT2D eigenvalue weighted by atomic mass is 32.2. The van der Waals surface area contributed by atoms with Crippen LogP contribution in [0, 0.1) is 5.82 Å². The van der Waals surface area contributed by atoms with Gasteiger partial charge in [0.05, 0.1) is 17.5 Å². The quantitative estimate of drug-likeness (QED) is 0.668. The normalized spacial score (nSPS) is 24.5. The van der Waals surface area contributed by atoms with Crippen molar-refractivity contribution in [3.05, 3.63) is 35.6 Å². The van der Waals surface area contributed by atoms with Gasteiger partial charge in [0.25, 0.3) is 5.91 Å². The number of carbonyl (C=O) groups excluding carboxylic acids is 1. The van der Waals surface area contributed by atoms with Crippen molar-refractivity contribution in [1.82, 2.24) is 4.90 Å². The number of aliphatic imine (C=N–C) groups is 1. The maximum atomic E-state index is 13.1. The largest absolute Gasteiger partial charge is 0.480 e. The molecule has 0 saturated carbocycles. The summed E-state index contributed by atoms with van der Waals surface area (Å²) in [5.41, 5.74) is 0.881. The van der Waals surface area contributed by atoms with Crippen LogP contribution in [0.3, 0.4) is 0 Å². The zero-order valence-electron chi connectivity index (χ0n) is 14.8. The van der Waals surface area contributed by atoms with Crippen LogP contribution < -0.4 is 0 Å². The number of halogens is 1. The van der Waals surface area contributed by atoms with E-state index in [4.69, 9.17) is 9.84 Å². The second-order valence-electron chi connectivity index (χ2n) is 6.55. The molecule has 0 spiro atoms. The summed E-state index contributed by atoms with van der Waals surface area (Å²) in [4.78, 5) is 28.2. The van der Waals surface area contributed by atoms with Gasteiger partial charge in [0.15, 0.2) is 15.0 Å². The number of benzene rings is 1. The van der Waals surface area contributed by atoms with E-state index in [2.05, 4.69) is 4.99 Å². The van der Waals surface area contributed by atoms with Gasteiger partial charge in [-0.05, 0) is 24.1 Å². The minimum Gasteiger partial charge on any atom is -0.480 e. The number of thioether (sulfide) groups is 1. The fourth-order valence-corrected chi connectivity index (χ4v) is 7.16. The van der Waals surface area contributed by atoms with Crippen LogP contribution in [0.4, 0.5) is 4.39 Å². The van der Waals surface area contributed by atoms with Gasteiger partial charge in [-0.25, -0.2) is 17.6 Å². The first kappa shape index (κ1) is 20.7. The Hall–Kier alpha value is -1.98. The Balaban J connectivity index is 1.70. The summed E-state index contributed by atoms with van der Waals surface area (Å²) in [6.45, 7) is -0.630. The highest BCUT2D eigenvalue weighted by Crippen LogP contribution is 2.38. The predicted molar refractivity (Wildman–Crippen MR) is 102 cm³/mol. The number of aliphatic carboxylic acids is 1. The van der Waals surface area contributed by atoms with Gasteiger partial charge in [0, 0.05) is 11.8 Å². The number of carbonyl (C=O) groups is 2. The van der Waals surface area contributed by atoms with Crippen LogP contribution in [0.1, 0.15) is 5.56 Å². The smallest absolute Gasteiger partial charge is 0.329 e. The van der Waals surface area contributed by atoms with Gasteiger partial charge in [0.1, 0.15) is 19.0 Å². The first-order valence-corrected chi connectivity index (χ1v) is 11.2. The molecule has 1 aromatic rings. The summed E-state index contributed by atoms with van der Waals surface area (Å²) in [5, 5.41) is 8.75. The molecule has 2 saturated heterocycles. The van der Waals surface area contributed by atoms with E-state index < -0.39 is 34.9 Å². The van der Waals surface area contributed by atoms with Crippen molar-refractivity contribution in [3.63, 3.8) is 0 Å². The lowest BCUT2D eigenvalue weighted by molar-refractivity contribution is -0.143. The molecule has 28 heavy (non-hydrogen) atoms. The number of amidine groups is 1. The fraction of sp³-hybridized carbons (Fsp3) is 0.471. The number of hydrogen-bond acceptors (Lipinski definition) is 6. The molecule has 8 nitrogen and oxygen atoms in total. The van der Waals surface area contributed by atoms with Crippen molar-refractivity contribution >= 4 is 38.6 Å². The molecule has 1 amide bonds. The predicted octanol–water partition coefficient (Wildman–Crippen LogP) is 0.566. The van der Waals surface area contributed by atoms with E-state index in [1.54, 1.807) is 17.0 Å². The summed E-state index contributed by atoms with van der Waals surface area (Å²) < 4.78 is 41.8. The van der Waals surface area contributed by atoms with E-state index >= 15 is 0 Å². The number of nitrogens with zero attached hydrogens (tertiary/aromatic N) is 2. The number of fused-ring (bicyclic) bond motifs is 1. The molecular formula is C17H19FN2O6S2. The maximum Gasteiger partial charge on any atom is 0.329 e. The van der Waals surface area contributed by atoms with E-state index in [-0.39, 0.29) is 28.6 Å². The topological polar surface area (TPSA) is 113 Å². The summed E-state index contributed by atoms with van der Waals surface area (Å²) >= 11 is 1.24. The van der Waals surface area contributed by atoms with E-state index in [0.29, 0.717) is 18.1 Å². The van der Waals surface area contributed by atoms with Gasteiger partial charge in [-0.1, -0.05) is 23.9 Å². The van der Waals surface area contributed by atoms with Crippen LogP contribution in [-0.2, 0) is 30.6 Å². The molecule has 0 aromatic heterocycles. The SMILES string of the molecule is O=C(O)COCC(=O)N=C1S[C@@H]2CS(=O)(=O)C[C@@H]2N1CCc1ccc(F)cc1. The lowest BCUT2D eigenvalue weighted by atomic mass is 10.1.